The Hall–Kier alpha value is -2.44. The lowest BCUT2D eigenvalue weighted by atomic mass is 9.95. The number of hydrogen-bond donors (Lipinski definition) is 1. The van der Waals surface area contributed by atoms with E-state index in [0.29, 0.717) is 0 Å². The number of H-pyrrole nitrogens is 1. The van der Waals surface area contributed by atoms with Crippen molar-refractivity contribution in [3.05, 3.63) is 51.7 Å². The first-order chi connectivity index (χ1) is 14.7. The third-order valence-corrected chi connectivity index (χ3v) is 6.11. The molecule has 1 aromatic carbocycles. The van der Waals surface area contributed by atoms with Crippen LogP contribution in [0.4, 0.5) is 0 Å². The highest BCUT2D eigenvalue weighted by atomic mass is 16.5. The van der Waals surface area contributed by atoms with Crippen molar-refractivity contribution < 1.29 is 9.47 Å². The van der Waals surface area contributed by atoms with Gasteiger partial charge in [0.25, 0.3) is 0 Å². The summed E-state index contributed by atoms with van der Waals surface area (Å²) in [6.45, 7) is 13.7. The van der Waals surface area contributed by atoms with E-state index in [1.807, 2.05) is 25.1 Å². The average Bonchev–Trinajstić information content (AvgIpc) is 3.18. The van der Waals surface area contributed by atoms with Crippen molar-refractivity contribution in [3.8, 4) is 11.1 Å². The number of aromatic amines is 1. The van der Waals surface area contributed by atoms with Crippen LogP contribution in [0.3, 0.4) is 0 Å². The first-order valence-corrected chi connectivity index (χ1v) is 11.1. The second-order valence-corrected chi connectivity index (χ2v) is 9.52. The molecule has 1 atom stereocenters. The van der Waals surface area contributed by atoms with Gasteiger partial charge in [0.2, 0.25) is 0 Å². The van der Waals surface area contributed by atoms with Crippen LogP contribution in [0.5, 0.6) is 0 Å². The fraction of sp³-hybridized carbons (Fsp3) is 0.520. The SMILES string of the molecule is Cc1c(C(C)OC(C)(C)C)n(C2CCOCC2)c(C)c(-c2ccc3nc[nH]c3c2)c1=O. The van der Waals surface area contributed by atoms with Crippen molar-refractivity contribution >= 4 is 11.0 Å². The number of fused-ring (bicyclic) bond motifs is 1. The number of rotatable bonds is 4. The van der Waals surface area contributed by atoms with E-state index in [1.165, 1.54) is 0 Å². The summed E-state index contributed by atoms with van der Waals surface area (Å²) in [4.78, 5) is 21.1. The van der Waals surface area contributed by atoms with Crippen LogP contribution >= 0.6 is 0 Å². The fourth-order valence-corrected chi connectivity index (χ4v) is 4.88. The van der Waals surface area contributed by atoms with Crippen LogP contribution in [0, 0.1) is 13.8 Å². The van der Waals surface area contributed by atoms with E-state index in [2.05, 4.69) is 49.2 Å². The topological polar surface area (TPSA) is 69.1 Å². The quantitative estimate of drug-likeness (QED) is 0.623. The Morgan fingerprint density at radius 3 is 2.61 bits per heavy atom. The molecule has 1 aliphatic rings. The van der Waals surface area contributed by atoms with Crippen LogP contribution in [0.15, 0.2) is 29.3 Å². The van der Waals surface area contributed by atoms with Gasteiger partial charge in [0.05, 0.1) is 34.8 Å². The van der Waals surface area contributed by atoms with Gasteiger partial charge in [0, 0.05) is 36.1 Å². The van der Waals surface area contributed by atoms with E-state index in [-0.39, 0.29) is 23.2 Å². The van der Waals surface area contributed by atoms with Crippen molar-refractivity contribution in [2.45, 2.75) is 72.1 Å². The van der Waals surface area contributed by atoms with Crippen molar-refractivity contribution in [3.63, 3.8) is 0 Å². The molecule has 2 aromatic heterocycles. The molecule has 0 amide bonds. The number of aromatic nitrogens is 3. The summed E-state index contributed by atoms with van der Waals surface area (Å²) >= 11 is 0. The van der Waals surface area contributed by atoms with E-state index in [0.717, 1.165) is 65.2 Å². The molecule has 3 heterocycles. The minimum Gasteiger partial charge on any atom is -0.381 e. The molecule has 0 bridgehead atoms. The summed E-state index contributed by atoms with van der Waals surface area (Å²) in [5.74, 6) is 0. The first-order valence-electron chi connectivity index (χ1n) is 11.1. The van der Waals surface area contributed by atoms with Gasteiger partial charge in [-0.05, 0) is 72.1 Å². The molecule has 0 aliphatic carbocycles. The summed E-state index contributed by atoms with van der Waals surface area (Å²) in [7, 11) is 0. The van der Waals surface area contributed by atoms with E-state index < -0.39 is 0 Å². The molecule has 1 N–H and O–H groups in total. The molecule has 6 nitrogen and oxygen atoms in total. The van der Waals surface area contributed by atoms with E-state index in [9.17, 15) is 4.79 Å². The minimum atomic E-state index is -0.305. The largest absolute Gasteiger partial charge is 0.381 e. The van der Waals surface area contributed by atoms with Crippen LogP contribution in [0.2, 0.25) is 0 Å². The monoisotopic (exact) mass is 423 g/mol. The predicted octanol–water partition coefficient (Wildman–Crippen LogP) is 5.24. The number of benzene rings is 1. The van der Waals surface area contributed by atoms with Crippen molar-refractivity contribution in [2.24, 2.45) is 0 Å². The molecule has 0 radical (unpaired) electrons. The maximum absolute atomic E-state index is 13.7. The van der Waals surface area contributed by atoms with Gasteiger partial charge < -0.3 is 19.0 Å². The van der Waals surface area contributed by atoms with Gasteiger partial charge in [-0.25, -0.2) is 4.98 Å². The van der Waals surface area contributed by atoms with Gasteiger partial charge in [0.15, 0.2) is 5.43 Å². The summed E-state index contributed by atoms with van der Waals surface area (Å²) in [6, 6.07) is 6.26. The number of nitrogens with zero attached hydrogens (tertiary/aromatic N) is 2. The zero-order valence-electron chi connectivity index (χ0n) is 19.4. The second-order valence-electron chi connectivity index (χ2n) is 9.52. The van der Waals surface area contributed by atoms with Crippen LogP contribution in [-0.4, -0.2) is 33.3 Å². The molecule has 6 heteroatoms. The Bertz CT molecular complexity index is 1150. The lowest BCUT2D eigenvalue weighted by Gasteiger charge is -2.35. The number of imidazole rings is 1. The van der Waals surface area contributed by atoms with Crippen molar-refractivity contribution in [2.75, 3.05) is 13.2 Å². The van der Waals surface area contributed by atoms with Gasteiger partial charge >= 0.3 is 0 Å². The van der Waals surface area contributed by atoms with Gasteiger partial charge in [-0.2, -0.15) is 0 Å². The molecule has 0 spiro atoms. The molecule has 4 rings (SSSR count). The standard InChI is InChI=1S/C25H33N3O3/c1-15-23(17(3)31-25(4,5)6)28(19-9-11-30-12-10-19)16(2)22(24(15)29)18-7-8-20-21(13-18)27-14-26-20/h7-8,13-14,17,19H,9-12H2,1-6H3,(H,26,27). The molecule has 1 aliphatic heterocycles. The highest BCUT2D eigenvalue weighted by molar-refractivity contribution is 5.82. The smallest absolute Gasteiger partial charge is 0.192 e. The van der Waals surface area contributed by atoms with E-state index in [4.69, 9.17) is 9.47 Å². The van der Waals surface area contributed by atoms with Crippen molar-refractivity contribution in [1.29, 1.82) is 0 Å². The molecule has 31 heavy (non-hydrogen) atoms. The lowest BCUT2D eigenvalue weighted by molar-refractivity contribution is -0.0580. The highest BCUT2D eigenvalue weighted by Crippen LogP contribution is 2.35. The van der Waals surface area contributed by atoms with Crippen molar-refractivity contribution in [1.82, 2.24) is 14.5 Å². The molecule has 1 fully saturated rings. The maximum atomic E-state index is 13.7. The summed E-state index contributed by atoms with van der Waals surface area (Å²) < 4.78 is 14.3. The number of pyridine rings is 1. The van der Waals surface area contributed by atoms with Crippen LogP contribution < -0.4 is 5.43 Å². The molecule has 1 saturated heterocycles. The highest BCUT2D eigenvalue weighted by Gasteiger charge is 2.29. The second kappa shape index (κ2) is 8.24. The molecular formula is C25H33N3O3. The van der Waals surface area contributed by atoms with E-state index in [1.54, 1.807) is 6.33 Å². The average molecular weight is 424 g/mol. The molecular weight excluding hydrogens is 390 g/mol. The summed E-state index contributed by atoms with van der Waals surface area (Å²) in [5.41, 5.74) is 5.99. The normalized spacial score (nSPS) is 16.7. The predicted molar refractivity (Wildman–Crippen MR) is 124 cm³/mol. The Morgan fingerprint density at radius 2 is 1.94 bits per heavy atom. The first kappa shape index (κ1) is 21.8. The maximum Gasteiger partial charge on any atom is 0.192 e. The fourth-order valence-electron chi connectivity index (χ4n) is 4.88. The van der Waals surface area contributed by atoms with Gasteiger partial charge in [-0.3, -0.25) is 4.79 Å². The Balaban J connectivity index is 1.95. The zero-order chi connectivity index (χ0) is 22.3. The number of nitrogens with one attached hydrogen (secondary N) is 1. The van der Waals surface area contributed by atoms with Gasteiger partial charge in [-0.15, -0.1) is 0 Å². The molecule has 0 saturated carbocycles. The molecule has 3 aromatic rings. The van der Waals surface area contributed by atoms with Crippen LogP contribution in [0.25, 0.3) is 22.2 Å². The van der Waals surface area contributed by atoms with Crippen LogP contribution in [0.1, 0.15) is 69.6 Å². The summed E-state index contributed by atoms with van der Waals surface area (Å²) in [5, 5.41) is 0. The van der Waals surface area contributed by atoms with Gasteiger partial charge in [0.1, 0.15) is 0 Å². The molecule has 166 valence electrons. The number of hydrogen-bond acceptors (Lipinski definition) is 4. The minimum absolute atomic E-state index is 0.0685. The van der Waals surface area contributed by atoms with Crippen LogP contribution in [-0.2, 0) is 9.47 Å². The lowest BCUT2D eigenvalue weighted by Crippen LogP contribution is -2.32. The third-order valence-electron chi connectivity index (χ3n) is 6.11. The third kappa shape index (κ3) is 4.19. The number of ether oxygens (including phenoxy) is 2. The summed E-state index contributed by atoms with van der Waals surface area (Å²) in [6.07, 6.45) is 3.34. The zero-order valence-corrected chi connectivity index (χ0v) is 19.4. The Labute approximate surface area is 183 Å². The Morgan fingerprint density at radius 1 is 1.23 bits per heavy atom. The molecule has 1 unspecified atom stereocenters. The Kier molecular flexibility index (Phi) is 5.79. The van der Waals surface area contributed by atoms with Gasteiger partial charge in [-0.1, -0.05) is 6.07 Å². The van der Waals surface area contributed by atoms with E-state index >= 15 is 0 Å².